The van der Waals surface area contributed by atoms with Crippen molar-refractivity contribution in [2.45, 2.75) is 84.5 Å². The zero-order chi connectivity index (χ0) is 21.1. The van der Waals surface area contributed by atoms with Gasteiger partial charge in [-0.15, -0.1) is 0 Å². The molecule has 0 atom stereocenters. The summed E-state index contributed by atoms with van der Waals surface area (Å²) >= 11 is 0. The molecule has 0 amide bonds. The minimum Gasteiger partial charge on any atom is -0.473 e. The molecule has 2 rings (SSSR count). The van der Waals surface area contributed by atoms with E-state index in [1.807, 2.05) is 6.92 Å². The summed E-state index contributed by atoms with van der Waals surface area (Å²) in [6, 6.07) is 0. The summed E-state index contributed by atoms with van der Waals surface area (Å²) in [7, 11) is 0. The highest BCUT2D eigenvalue weighted by molar-refractivity contribution is 5.86. The van der Waals surface area contributed by atoms with Crippen molar-refractivity contribution in [3.63, 3.8) is 0 Å². The SMILES string of the molecule is C=C(C)OCOCCC1CCC(CC2CCC(CCOC(=O)C(=C)C)CC2)CC1. The molecule has 2 fully saturated rings. The van der Waals surface area contributed by atoms with Crippen LogP contribution in [-0.2, 0) is 19.0 Å². The zero-order valence-electron chi connectivity index (χ0n) is 18.8. The van der Waals surface area contributed by atoms with Gasteiger partial charge in [-0.2, -0.15) is 0 Å². The van der Waals surface area contributed by atoms with Gasteiger partial charge < -0.3 is 14.2 Å². The third-order valence-electron chi connectivity index (χ3n) is 6.77. The number of hydrogen-bond donors (Lipinski definition) is 0. The molecule has 0 spiro atoms. The topological polar surface area (TPSA) is 44.8 Å². The normalized spacial score (nSPS) is 27.2. The molecule has 0 unspecified atom stereocenters. The molecule has 0 N–H and O–H groups in total. The summed E-state index contributed by atoms with van der Waals surface area (Å²) < 4.78 is 16.0. The second-order valence-corrected chi connectivity index (χ2v) is 9.38. The van der Waals surface area contributed by atoms with Gasteiger partial charge in [-0.3, -0.25) is 0 Å². The lowest BCUT2D eigenvalue weighted by Gasteiger charge is -2.34. The van der Waals surface area contributed by atoms with Crippen LogP contribution in [0.2, 0.25) is 0 Å². The first-order valence-electron chi connectivity index (χ1n) is 11.6. The number of rotatable bonds is 12. The molecule has 0 saturated heterocycles. The van der Waals surface area contributed by atoms with Crippen LogP contribution in [0.3, 0.4) is 0 Å². The average Bonchev–Trinajstić information content (AvgIpc) is 2.70. The molecule has 2 aliphatic carbocycles. The second kappa shape index (κ2) is 13.1. The van der Waals surface area contributed by atoms with Crippen molar-refractivity contribution in [1.82, 2.24) is 0 Å². The Bertz CT molecular complexity index is 511. The van der Waals surface area contributed by atoms with Gasteiger partial charge in [0.15, 0.2) is 6.79 Å². The number of hydrogen-bond acceptors (Lipinski definition) is 4. The van der Waals surface area contributed by atoms with Crippen LogP contribution in [0.15, 0.2) is 24.5 Å². The van der Waals surface area contributed by atoms with Crippen LogP contribution in [-0.4, -0.2) is 26.0 Å². The quantitative estimate of drug-likeness (QED) is 0.123. The van der Waals surface area contributed by atoms with E-state index in [4.69, 9.17) is 14.2 Å². The van der Waals surface area contributed by atoms with Crippen LogP contribution < -0.4 is 0 Å². The molecule has 2 saturated carbocycles. The molecule has 4 nitrogen and oxygen atoms in total. The van der Waals surface area contributed by atoms with Crippen molar-refractivity contribution < 1.29 is 19.0 Å². The molecular weight excluding hydrogens is 364 g/mol. The number of carbonyl (C=O) groups excluding carboxylic acids is 1. The van der Waals surface area contributed by atoms with E-state index >= 15 is 0 Å². The van der Waals surface area contributed by atoms with Crippen molar-refractivity contribution in [2.24, 2.45) is 23.7 Å². The van der Waals surface area contributed by atoms with Gasteiger partial charge in [0.25, 0.3) is 0 Å². The minimum absolute atomic E-state index is 0.249. The number of carbonyl (C=O) groups is 1. The van der Waals surface area contributed by atoms with E-state index in [1.165, 1.54) is 57.8 Å². The van der Waals surface area contributed by atoms with Crippen molar-refractivity contribution in [3.05, 3.63) is 24.5 Å². The number of ether oxygens (including phenoxy) is 3. The summed E-state index contributed by atoms with van der Waals surface area (Å²) in [5, 5.41) is 0. The van der Waals surface area contributed by atoms with Gasteiger partial charge in [-0.05, 0) is 56.8 Å². The number of allylic oxidation sites excluding steroid dienone is 1. The first-order valence-corrected chi connectivity index (χ1v) is 11.6. The van der Waals surface area contributed by atoms with Gasteiger partial charge in [0.2, 0.25) is 0 Å². The molecule has 4 heteroatoms. The monoisotopic (exact) mass is 406 g/mol. The molecule has 0 aliphatic heterocycles. The van der Waals surface area contributed by atoms with E-state index in [0.29, 0.717) is 24.7 Å². The maximum Gasteiger partial charge on any atom is 0.333 e. The van der Waals surface area contributed by atoms with E-state index in [-0.39, 0.29) is 5.97 Å². The van der Waals surface area contributed by atoms with Crippen LogP contribution >= 0.6 is 0 Å². The van der Waals surface area contributed by atoms with Crippen LogP contribution in [0.25, 0.3) is 0 Å². The Morgan fingerprint density at radius 2 is 1.24 bits per heavy atom. The fourth-order valence-electron chi connectivity index (χ4n) is 4.88. The van der Waals surface area contributed by atoms with E-state index in [2.05, 4.69) is 13.2 Å². The highest BCUT2D eigenvalue weighted by Gasteiger charge is 2.27. The van der Waals surface area contributed by atoms with Crippen LogP contribution in [0, 0.1) is 23.7 Å². The Morgan fingerprint density at radius 1 is 0.759 bits per heavy atom. The van der Waals surface area contributed by atoms with Gasteiger partial charge >= 0.3 is 5.97 Å². The average molecular weight is 407 g/mol. The molecule has 166 valence electrons. The lowest BCUT2D eigenvalue weighted by atomic mass is 9.72. The third-order valence-corrected chi connectivity index (χ3v) is 6.77. The summed E-state index contributed by atoms with van der Waals surface area (Å²) in [6.45, 7) is 12.6. The van der Waals surface area contributed by atoms with E-state index in [1.54, 1.807) is 6.92 Å². The van der Waals surface area contributed by atoms with Gasteiger partial charge in [0, 0.05) is 5.57 Å². The molecule has 0 aromatic rings. The molecule has 0 aromatic heterocycles. The Morgan fingerprint density at radius 3 is 1.72 bits per heavy atom. The second-order valence-electron chi connectivity index (χ2n) is 9.38. The molecule has 0 radical (unpaired) electrons. The molecule has 2 aliphatic rings. The highest BCUT2D eigenvalue weighted by Crippen LogP contribution is 2.39. The van der Waals surface area contributed by atoms with Gasteiger partial charge in [0.1, 0.15) is 0 Å². The smallest absolute Gasteiger partial charge is 0.333 e. The minimum atomic E-state index is -0.249. The van der Waals surface area contributed by atoms with Crippen molar-refractivity contribution in [2.75, 3.05) is 20.0 Å². The van der Waals surface area contributed by atoms with Crippen molar-refractivity contribution in [1.29, 1.82) is 0 Å². The molecule has 0 heterocycles. The Balaban J connectivity index is 1.50. The lowest BCUT2D eigenvalue weighted by molar-refractivity contribution is -0.139. The first kappa shape index (κ1) is 24.0. The zero-order valence-corrected chi connectivity index (χ0v) is 18.8. The van der Waals surface area contributed by atoms with E-state index < -0.39 is 0 Å². The summed E-state index contributed by atoms with van der Waals surface area (Å²) in [6.07, 6.45) is 14.4. The molecule has 29 heavy (non-hydrogen) atoms. The fraction of sp³-hybridized carbons (Fsp3) is 0.800. The van der Waals surface area contributed by atoms with Crippen molar-refractivity contribution in [3.8, 4) is 0 Å². The standard InChI is InChI=1S/C25H42O4/c1-19(2)25(26)28-16-14-22-7-11-24(12-8-22)17-23-9-5-21(6-10-23)13-15-27-18-29-20(3)4/h21-24H,1,3,5-18H2,2,4H3. The fourth-order valence-corrected chi connectivity index (χ4v) is 4.88. The molecular formula is C25H42O4. The Kier molecular flexibility index (Phi) is 10.8. The highest BCUT2D eigenvalue weighted by atomic mass is 16.7. The molecule has 0 aromatic carbocycles. The van der Waals surface area contributed by atoms with Crippen LogP contribution in [0.4, 0.5) is 0 Å². The first-order chi connectivity index (χ1) is 13.9. The number of esters is 1. The maximum atomic E-state index is 11.5. The maximum absolute atomic E-state index is 11.5. The van der Waals surface area contributed by atoms with E-state index in [9.17, 15) is 4.79 Å². The summed E-state index contributed by atoms with van der Waals surface area (Å²) in [5.41, 5.74) is 0.493. The van der Waals surface area contributed by atoms with Gasteiger partial charge in [-0.1, -0.05) is 64.5 Å². The van der Waals surface area contributed by atoms with Gasteiger partial charge in [0.05, 0.1) is 19.0 Å². The van der Waals surface area contributed by atoms with Gasteiger partial charge in [-0.25, -0.2) is 4.79 Å². The van der Waals surface area contributed by atoms with Crippen molar-refractivity contribution >= 4 is 5.97 Å². The predicted molar refractivity (Wildman–Crippen MR) is 117 cm³/mol. The van der Waals surface area contributed by atoms with Crippen LogP contribution in [0.5, 0.6) is 0 Å². The third kappa shape index (κ3) is 9.84. The largest absolute Gasteiger partial charge is 0.473 e. The Labute approximate surface area is 178 Å². The van der Waals surface area contributed by atoms with E-state index in [0.717, 1.165) is 43.1 Å². The molecule has 0 bridgehead atoms. The lowest BCUT2D eigenvalue weighted by Crippen LogP contribution is -2.22. The Hall–Kier alpha value is -1.29. The van der Waals surface area contributed by atoms with Crippen LogP contribution in [0.1, 0.15) is 84.5 Å². The summed E-state index contributed by atoms with van der Waals surface area (Å²) in [4.78, 5) is 11.5. The summed E-state index contributed by atoms with van der Waals surface area (Å²) in [5.74, 6) is 3.86. The predicted octanol–water partition coefficient (Wildman–Crippen LogP) is 6.41.